The molecule has 0 aromatic heterocycles. The van der Waals surface area contributed by atoms with Crippen LogP contribution in [0.4, 0.5) is 0 Å². The Bertz CT molecular complexity index is 719. The smallest absolute Gasteiger partial charge is 0.333 e. The summed E-state index contributed by atoms with van der Waals surface area (Å²) >= 11 is 0. The number of ether oxygens (including phenoxy) is 1. The van der Waals surface area contributed by atoms with Crippen molar-refractivity contribution in [1.29, 1.82) is 0 Å². The van der Waals surface area contributed by atoms with Crippen LogP contribution in [0.5, 0.6) is 0 Å². The highest BCUT2D eigenvalue weighted by Gasteiger charge is 2.68. The van der Waals surface area contributed by atoms with Gasteiger partial charge in [0, 0.05) is 11.0 Å². The van der Waals surface area contributed by atoms with Crippen molar-refractivity contribution in [1.82, 2.24) is 0 Å². The van der Waals surface area contributed by atoms with Gasteiger partial charge in [0.1, 0.15) is 6.10 Å². The first-order chi connectivity index (χ1) is 13.1. The molecule has 4 saturated carbocycles. The number of hydrogen-bond donors (Lipinski definition) is 1. The molecule has 7 atom stereocenters. The van der Waals surface area contributed by atoms with Crippen LogP contribution in [0.1, 0.15) is 79.6 Å². The topological polar surface area (TPSA) is 46.5 Å². The van der Waals surface area contributed by atoms with Crippen LogP contribution in [0.3, 0.4) is 0 Å². The maximum absolute atomic E-state index is 12.7. The Morgan fingerprint density at radius 2 is 1.86 bits per heavy atom. The van der Waals surface area contributed by atoms with Gasteiger partial charge >= 0.3 is 5.97 Å². The molecule has 0 radical (unpaired) electrons. The van der Waals surface area contributed by atoms with Gasteiger partial charge in [0.05, 0.1) is 6.10 Å². The summed E-state index contributed by atoms with van der Waals surface area (Å²) < 4.78 is 6.19. The SMILES string of the molecule is C=C1[C@@H]2CC[C@H]3[C@@]4(C)CC[C@H](O)C(C)(C)[C@@H]4CC[C@]3(C2)[C@@H]1OC(=O)/C(C)=C/C. The van der Waals surface area contributed by atoms with Gasteiger partial charge in [-0.2, -0.15) is 0 Å². The minimum atomic E-state index is -0.208. The fraction of sp³-hybridized carbons (Fsp3) is 0.800. The summed E-state index contributed by atoms with van der Waals surface area (Å²) in [5.41, 5.74) is 2.06. The monoisotopic (exact) mass is 386 g/mol. The van der Waals surface area contributed by atoms with Gasteiger partial charge in [-0.25, -0.2) is 4.79 Å². The molecule has 4 rings (SSSR count). The van der Waals surface area contributed by atoms with Gasteiger partial charge < -0.3 is 9.84 Å². The maximum atomic E-state index is 12.7. The van der Waals surface area contributed by atoms with Crippen LogP contribution in [0.25, 0.3) is 0 Å². The highest BCUT2D eigenvalue weighted by Crippen LogP contribution is 2.72. The highest BCUT2D eigenvalue weighted by atomic mass is 16.5. The zero-order chi connectivity index (χ0) is 20.5. The standard InChI is InChI=1S/C25H38O3/c1-7-15(2)22(27)28-21-16(3)17-8-9-19-24(6)12-11-20(26)23(4,5)18(24)10-13-25(19,21)14-17/h7,17-21,26H,3,8-14H2,1-2,4-6H3/b15-7+/t17-,18+,19+,20+,21-,24+,25-/m1/s1. The molecular formula is C25H38O3. The van der Waals surface area contributed by atoms with Crippen LogP contribution < -0.4 is 0 Å². The predicted molar refractivity (Wildman–Crippen MR) is 112 cm³/mol. The quantitative estimate of drug-likeness (QED) is 0.391. The zero-order valence-electron chi connectivity index (χ0n) is 18.4. The number of aliphatic hydroxyl groups excluding tert-OH is 1. The number of carbonyl (C=O) groups is 1. The summed E-state index contributed by atoms with van der Waals surface area (Å²) in [6, 6.07) is 0. The molecule has 2 bridgehead atoms. The molecule has 3 nitrogen and oxygen atoms in total. The first kappa shape index (κ1) is 20.2. The van der Waals surface area contributed by atoms with Gasteiger partial charge in [-0.05, 0) is 93.0 Å². The van der Waals surface area contributed by atoms with E-state index in [1.807, 2.05) is 19.9 Å². The summed E-state index contributed by atoms with van der Waals surface area (Å²) in [6.45, 7) is 15.2. The van der Waals surface area contributed by atoms with Crippen LogP contribution in [-0.4, -0.2) is 23.3 Å². The fourth-order valence-electron chi connectivity index (χ4n) is 8.06. The molecule has 4 aliphatic carbocycles. The molecule has 0 heterocycles. The molecule has 156 valence electrons. The average Bonchev–Trinajstić information content (AvgIpc) is 2.84. The Morgan fingerprint density at radius 1 is 1.14 bits per heavy atom. The second-order valence-electron chi connectivity index (χ2n) is 11.1. The maximum Gasteiger partial charge on any atom is 0.333 e. The van der Waals surface area contributed by atoms with Crippen LogP contribution in [0.15, 0.2) is 23.8 Å². The molecule has 0 unspecified atom stereocenters. The Hall–Kier alpha value is -1.09. The lowest BCUT2D eigenvalue weighted by Gasteiger charge is -2.65. The van der Waals surface area contributed by atoms with Crippen LogP contribution >= 0.6 is 0 Å². The van der Waals surface area contributed by atoms with E-state index in [0.29, 0.717) is 23.3 Å². The van der Waals surface area contributed by atoms with Crippen molar-refractivity contribution in [2.75, 3.05) is 0 Å². The van der Waals surface area contributed by atoms with Crippen LogP contribution in [0, 0.1) is 34.0 Å². The van der Waals surface area contributed by atoms with Gasteiger partial charge in [0.25, 0.3) is 0 Å². The Morgan fingerprint density at radius 3 is 2.54 bits per heavy atom. The van der Waals surface area contributed by atoms with Crippen molar-refractivity contribution in [3.05, 3.63) is 23.8 Å². The lowest BCUT2D eigenvalue weighted by molar-refractivity contribution is -0.201. The minimum Gasteiger partial charge on any atom is -0.454 e. The second-order valence-corrected chi connectivity index (χ2v) is 11.1. The summed E-state index contributed by atoms with van der Waals surface area (Å²) in [6.07, 6.45) is 9.19. The predicted octanol–water partition coefficient (Wildman–Crippen LogP) is 5.43. The number of rotatable bonds is 2. The number of carbonyl (C=O) groups excluding carboxylic acids is 1. The van der Waals surface area contributed by atoms with E-state index in [4.69, 9.17) is 4.74 Å². The summed E-state index contributed by atoms with van der Waals surface area (Å²) in [5, 5.41) is 10.7. The van der Waals surface area contributed by atoms with Crippen LogP contribution in [-0.2, 0) is 9.53 Å². The minimum absolute atomic E-state index is 0.0468. The largest absolute Gasteiger partial charge is 0.454 e. The summed E-state index contributed by atoms with van der Waals surface area (Å²) in [7, 11) is 0. The Balaban J connectivity index is 1.72. The molecule has 0 aromatic carbocycles. The van der Waals surface area contributed by atoms with Gasteiger partial charge in [0.2, 0.25) is 0 Å². The Kier molecular flexibility index (Phi) is 4.65. The normalized spacial score (nSPS) is 47.3. The molecule has 0 aliphatic heterocycles. The van der Waals surface area contributed by atoms with Crippen molar-refractivity contribution < 1.29 is 14.6 Å². The summed E-state index contributed by atoms with van der Waals surface area (Å²) in [4.78, 5) is 12.7. The van der Waals surface area contributed by atoms with Crippen molar-refractivity contribution in [3.63, 3.8) is 0 Å². The number of fused-ring (bicyclic) bond motifs is 3. The molecule has 0 aromatic rings. The molecule has 0 amide bonds. The van der Waals surface area contributed by atoms with Gasteiger partial charge in [0.15, 0.2) is 0 Å². The first-order valence-electron chi connectivity index (χ1n) is 11.3. The zero-order valence-corrected chi connectivity index (χ0v) is 18.4. The van der Waals surface area contributed by atoms with E-state index in [0.717, 1.165) is 37.7 Å². The van der Waals surface area contributed by atoms with E-state index < -0.39 is 0 Å². The third-order valence-corrected chi connectivity index (χ3v) is 9.69. The van der Waals surface area contributed by atoms with Gasteiger partial charge in [-0.15, -0.1) is 0 Å². The molecule has 4 fully saturated rings. The number of aliphatic hydroxyl groups is 1. The molecule has 28 heavy (non-hydrogen) atoms. The molecule has 3 heteroatoms. The van der Waals surface area contributed by atoms with E-state index in [1.165, 1.54) is 12.8 Å². The fourth-order valence-corrected chi connectivity index (χ4v) is 8.06. The van der Waals surface area contributed by atoms with Crippen molar-refractivity contribution in [2.24, 2.45) is 34.0 Å². The van der Waals surface area contributed by atoms with E-state index in [9.17, 15) is 9.90 Å². The average molecular weight is 387 g/mol. The second kappa shape index (κ2) is 6.45. The van der Waals surface area contributed by atoms with Crippen molar-refractivity contribution in [3.8, 4) is 0 Å². The molecule has 4 aliphatic rings. The molecule has 1 N–H and O–H groups in total. The van der Waals surface area contributed by atoms with Gasteiger partial charge in [-0.1, -0.05) is 33.4 Å². The van der Waals surface area contributed by atoms with E-state index >= 15 is 0 Å². The number of hydrogen-bond acceptors (Lipinski definition) is 3. The Labute approximate surface area is 170 Å². The highest BCUT2D eigenvalue weighted by molar-refractivity contribution is 5.88. The lowest BCUT2D eigenvalue weighted by Crippen LogP contribution is -2.61. The van der Waals surface area contributed by atoms with Crippen molar-refractivity contribution in [2.45, 2.75) is 91.8 Å². The van der Waals surface area contributed by atoms with Gasteiger partial charge in [-0.3, -0.25) is 0 Å². The lowest BCUT2D eigenvalue weighted by atomic mass is 9.40. The third-order valence-electron chi connectivity index (χ3n) is 9.69. The molecule has 0 saturated heterocycles. The number of allylic oxidation sites excluding steroid dienone is 1. The third kappa shape index (κ3) is 2.54. The van der Waals surface area contributed by atoms with E-state index in [-0.39, 0.29) is 34.4 Å². The van der Waals surface area contributed by atoms with E-state index in [2.05, 4.69) is 27.4 Å². The van der Waals surface area contributed by atoms with Crippen molar-refractivity contribution >= 4 is 5.97 Å². The van der Waals surface area contributed by atoms with Crippen LogP contribution in [0.2, 0.25) is 0 Å². The molecule has 1 spiro atoms. The number of esters is 1. The molecular weight excluding hydrogens is 348 g/mol. The first-order valence-corrected chi connectivity index (χ1v) is 11.3. The summed E-state index contributed by atoms with van der Waals surface area (Å²) in [5.74, 6) is 1.39. The van der Waals surface area contributed by atoms with E-state index in [1.54, 1.807) is 0 Å².